The average molecular weight is 243 g/mol. The number of hydrogen-bond acceptors (Lipinski definition) is 1. The molecule has 0 aromatic heterocycles. The van der Waals surface area contributed by atoms with Gasteiger partial charge in [-0.15, -0.1) is 0 Å². The van der Waals surface area contributed by atoms with Gasteiger partial charge in [-0.1, -0.05) is 41.4 Å². The van der Waals surface area contributed by atoms with Gasteiger partial charge in [-0.2, -0.15) is 0 Å². The lowest BCUT2D eigenvalue weighted by Crippen LogP contribution is -1.96. The van der Waals surface area contributed by atoms with E-state index in [-0.39, 0.29) is 6.10 Å². The minimum absolute atomic E-state index is 0.318. The Morgan fingerprint density at radius 1 is 1.46 bits per heavy atom. The van der Waals surface area contributed by atoms with Crippen LogP contribution >= 0.6 is 15.9 Å². The highest BCUT2D eigenvalue weighted by molar-refractivity contribution is 9.10. The van der Waals surface area contributed by atoms with E-state index in [1.807, 2.05) is 25.1 Å². The van der Waals surface area contributed by atoms with Crippen LogP contribution in [0.25, 0.3) is 0 Å². The Morgan fingerprint density at radius 3 is 2.69 bits per heavy atom. The lowest BCUT2D eigenvalue weighted by Gasteiger charge is -2.10. The number of benzene rings is 1. The predicted molar refractivity (Wildman–Crippen MR) is 58.7 cm³/mol. The van der Waals surface area contributed by atoms with E-state index in [2.05, 4.69) is 22.9 Å². The Labute approximate surface area is 87.9 Å². The molecule has 0 bridgehead atoms. The molecule has 1 aromatic rings. The number of halogens is 1. The number of hydrogen-bond donors (Lipinski definition) is 1. The summed E-state index contributed by atoms with van der Waals surface area (Å²) in [6.07, 6.45) is 1.52. The van der Waals surface area contributed by atoms with Gasteiger partial charge >= 0.3 is 0 Å². The number of rotatable bonds is 3. The van der Waals surface area contributed by atoms with Crippen molar-refractivity contribution in [2.24, 2.45) is 0 Å². The summed E-state index contributed by atoms with van der Waals surface area (Å²) >= 11 is 3.45. The van der Waals surface area contributed by atoms with E-state index in [0.717, 1.165) is 22.9 Å². The van der Waals surface area contributed by atoms with Crippen LogP contribution in [-0.4, -0.2) is 5.11 Å². The topological polar surface area (TPSA) is 20.2 Å². The first kappa shape index (κ1) is 10.7. The van der Waals surface area contributed by atoms with Crippen LogP contribution < -0.4 is 0 Å². The molecule has 0 aliphatic heterocycles. The average Bonchev–Trinajstić information content (AvgIpc) is 2.10. The number of aryl methyl sites for hydroxylation is 1. The Kier molecular flexibility index (Phi) is 3.94. The van der Waals surface area contributed by atoms with Crippen LogP contribution in [0.5, 0.6) is 0 Å². The van der Waals surface area contributed by atoms with Gasteiger partial charge < -0.3 is 5.11 Å². The zero-order valence-corrected chi connectivity index (χ0v) is 9.63. The molecular weight excluding hydrogens is 228 g/mol. The molecular formula is C11H15BrO. The van der Waals surface area contributed by atoms with E-state index in [4.69, 9.17) is 0 Å². The highest BCUT2D eigenvalue weighted by Crippen LogP contribution is 2.24. The number of aliphatic hydroxyl groups is 1. The standard InChI is InChI=1S/C11H15BrO/c1-3-4-11(13)9-6-5-8(2)10(12)7-9/h5-7,11,13H,3-4H2,1-2H3/t11-/m1/s1. The maximum Gasteiger partial charge on any atom is 0.0790 e. The van der Waals surface area contributed by atoms with E-state index in [0.29, 0.717) is 0 Å². The first-order valence-electron chi connectivity index (χ1n) is 4.59. The van der Waals surface area contributed by atoms with Crippen molar-refractivity contribution in [2.75, 3.05) is 0 Å². The molecule has 1 N–H and O–H groups in total. The molecule has 0 amide bonds. The second-order valence-corrected chi connectivity index (χ2v) is 4.17. The van der Waals surface area contributed by atoms with Crippen LogP contribution in [0.2, 0.25) is 0 Å². The van der Waals surface area contributed by atoms with Crippen molar-refractivity contribution in [3.63, 3.8) is 0 Å². The van der Waals surface area contributed by atoms with Crippen LogP contribution in [-0.2, 0) is 0 Å². The molecule has 0 saturated heterocycles. The quantitative estimate of drug-likeness (QED) is 0.860. The van der Waals surface area contributed by atoms with Crippen molar-refractivity contribution in [2.45, 2.75) is 32.8 Å². The van der Waals surface area contributed by atoms with Crippen molar-refractivity contribution in [3.05, 3.63) is 33.8 Å². The van der Waals surface area contributed by atoms with Gasteiger partial charge in [0, 0.05) is 4.47 Å². The van der Waals surface area contributed by atoms with Gasteiger partial charge in [0.2, 0.25) is 0 Å². The van der Waals surface area contributed by atoms with Crippen LogP contribution in [0.4, 0.5) is 0 Å². The summed E-state index contributed by atoms with van der Waals surface area (Å²) in [6.45, 7) is 4.12. The molecule has 0 aliphatic rings. The highest BCUT2D eigenvalue weighted by atomic mass is 79.9. The van der Waals surface area contributed by atoms with E-state index < -0.39 is 0 Å². The Balaban J connectivity index is 2.84. The molecule has 72 valence electrons. The lowest BCUT2D eigenvalue weighted by molar-refractivity contribution is 0.166. The first-order chi connectivity index (χ1) is 6.15. The summed E-state index contributed by atoms with van der Waals surface area (Å²) in [5.41, 5.74) is 2.20. The SMILES string of the molecule is CCC[C@@H](O)c1ccc(C)c(Br)c1. The van der Waals surface area contributed by atoms with Gasteiger partial charge in [0.1, 0.15) is 0 Å². The van der Waals surface area contributed by atoms with Gasteiger partial charge in [0.05, 0.1) is 6.10 Å². The van der Waals surface area contributed by atoms with Gasteiger partial charge in [-0.3, -0.25) is 0 Å². The third-order valence-electron chi connectivity index (χ3n) is 2.14. The molecule has 0 aliphatic carbocycles. The Bertz CT molecular complexity index is 283. The molecule has 1 nitrogen and oxygen atoms in total. The molecule has 0 fully saturated rings. The van der Waals surface area contributed by atoms with Gasteiger partial charge in [-0.05, 0) is 30.5 Å². The molecule has 1 aromatic carbocycles. The second kappa shape index (κ2) is 4.77. The van der Waals surface area contributed by atoms with Gasteiger partial charge in [-0.25, -0.2) is 0 Å². The maximum absolute atomic E-state index is 9.72. The van der Waals surface area contributed by atoms with E-state index >= 15 is 0 Å². The summed E-state index contributed by atoms with van der Waals surface area (Å²) in [6, 6.07) is 6.01. The lowest BCUT2D eigenvalue weighted by atomic mass is 10.0. The normalized spacial score (nSPS) is 12.9. The Morgan fingerprint density at radius 2 is 2.15 bits per heavy atom. The van der Waals surface area contributed by atoms with Crippen LogP contribution in [0.15, 0.2) is 22.7 Å². The zero-order chi connectivity index (χ0) is 9.84. The van der Waals surface area contributed by atoms with Gasteiger partial charge in [0.25, 0.3) is 0 Å². The fourth-order valence-electron chi connectivity index (χ4n) is 1.26. The van der Waals surface area contributed by atoms with Crippen molar-refractivity contribution in [1.82, 2.24) is 0 Å². The van der Waals surface area contributed by atoms with E-state index in [1.165, 1.54) is 5.56 Å². The second-order valence-electron chi connectivity index (χ2n) is 3.31. The van der Waals surface area contributed by atoms with Crippen molar-refractivity contribution < 1.29 is 5.11 Å². The minimum atomic E-state index is -0.318. The summed E-state index contributed by atoms with van der Waals surface area (Å²) in [5, 5.41) is 9.72. The smallest absolute Gasteiger partial charge is 0.0790 e. The minimum Gasteiger partial charge on any atom is -0.388 e. The van der Waals surface area contributed by atoms with E-state index in [9.17, 15) is 5.11 Å². The maximum atomic E-state index is 9.72. The molecule has 13 heavy (non-hydrogen) atoms. The zero-order valence-electron chi connectivity index (χ0n) is 8.05. The summed E-state index contributed by atoms with van der Waals surface area (Å²) in [4.78, 5) is 0. The molecule has 0 heterocycles. The molecule has 0 spiro atoms. The molecule has 1 atom stereocenters. The van der Waals surface area contributed by atoms with Crippen LogP contribution in [0.3, 0.4) is 0 Å². The largest absolute Gasteiger partial charge is 0.388 e. The van der Waals surface area contributed by atoms with Crippen LogP contribution in [0, 0.1) is 6.92 Å². The van der Waals surface area contributed by atoms with Crippen LogP contribution in [0.1, 0.15) is 37.0 Å². The molecule has 0 saturated carbocycles. The number of aliphatic hydroxyl groups excluding tert-OH is 1. The summed E-state index contributed by atoms with van der Waals surface area (Å²) in [5.74, 6) is 0. The first-order valence-corrected chi connectivity index (χ1v) is 5.38. The summed E-state index contributed by atoms with van der Waals surface area (Å²) in [7, 11) is 0. The monoisotopic (exact) mass is 242 g/mol. The van der Waals surface area contributed by atoms with Crippen molar-refractivity contribution in [1.29, 1.82) is 0 Å². The van der Waals surface area contributed by atoms with E-state index in [1.54, 1.807) is 0 Å². The third-order valence-corrected chi connectivity index (χ3v) is 3.00. The van der Waals surface area contributed by atoms with Gasteiger partial charge in [0.15, 0.2) is 0 Å². The molecule has 0 radical (unpaired) electrons. The molecule has 2 heteroatoms. The summed E-state index contributed by atoms with van der Waals surface area (Å²) < 4.78 is 1.07. The fourth-order valence-corrected chi connectivity index (χ4v) is 1.65. The predicted octanol–water partition coefficient (Wildman–Crippen LogP) is 3.59. The fraction of sp³-hybridized carbons (Fsp3) is 0.455. The molecule has 0 unspecified atom stereocenters. The highest BCUT2D eigenvalue weighted by Gasteiger charge is 2.06. The van der Waals surface area contributed by atoms with Crippen molar-refractivity contribution >= 4 is 15.9 Å². The molecule has 1 rings (SSSR count). The Hall–Kier alpha value is -0.340. The third kappa shape index (κ3) is 2.82. The van der Waals surface area contributed by atoms with Crippen molar-refractivity contribution in [3.8, 4) is 0 Å².